The van der Waals surface area contributed by atoms with E-state index in [1.165, 1.54) is 0 Å². The van der Waals surface area contributed by atoms with Crippen molar-refractivity contribution in [3.05, 3.63) is 54.2 Å². The molecule has 7 nitrogen and oxygen atoms in total. The van der Waals surface area contributed by atoms with Gasteiger partial charge < -0.3 is 9.15 Å². The number of aromatic nitrogens is 3. The van der Waals surface area contributed by atoms with E-state index in [1.54, 1.807) is 13.4 Å². The van der Waals surface area contributed by atoms with E-state index in [1.807, 2.05) is 41.3 Å². The predicted octanol–water partition coefficient (Wildman–Crippen LogP) is 2.87. The molecule has 0 spiro atoms. The van der Waals surface area contributed by atoms with Crippen LogP contribution in [0.4, 0.5) is 0 Å². The summed E-state index contributed by atoms with van der Waals surface area (Å²) in [6.45, 7) is 4.30. The molecule has 1 aliphatic heterocycles. The molecule has 148 valence electrons. The molecule has 1 aliphatic rings. The molecule has 0 amide bonds. The van der Waals surface area contributed by atoms with Crippen LogP contribution in [0, 0.1) is 0 Å². The van der Waals surface area contributed by atoms with E-state index in [0.717, 1.165) is 35.7 Å². The first kappa shape index (κ1) is 18.9. The lowest BCUT2D eigenvalue weighted by Gasteiger charge is -2.34. The number of benzene rings is 1. The van der Waals surface area contributed by atoms with Crippen molar-refractivity contribution in [3.8, 4) is 17.2 Å². The normalized spacial score (nSPS) is 20.4. The molecule has 0 aliphatic carbocycles. The third-order valence-electron chi connectivity index (χ3n) is 5.01. The van der Waals surface area contributed by atoms with Crippen LogP contribution in [0.1, 0.15) is 24.2 Å². The Labute approximate surface area is 166 Å². The molecule has 4 rings (SSSR count). The molecule has 0 radical (unpaired) electrons. The number of oxazole rings is 1. The SMILES string of the molecule is CCn1cc([C@@H]2C[S@@](=O)CCN2Cc2coc(-c3ccc(OC)cc3)n2)cn1. The van der Waals surface area contributed by atoms with Crippen molar-refractivity contribution in [2.24, 2.45) is 0 Å². The van der Waals surface area contributed by atoms with Gasteiger partial charge in [-0.25, -0.2) is 4.98 Å². The molecular weight excluding hydrogens is 376 g/mol. The largest absolute Gasteiger partial charge is 0.497 e. The van der Waals surface area contributed by atoms with Crippen molar-refractivity contribution in [1.29, 1.82) is 0 Å². The molecule has 3 aromatic rings. The Kier molecular flexibility index (Phi) is 5.59. The van der Waals surface area contributed by atoms with Crippen molar-refractivity contribution in [1.82, 2.24) is 19.7 Å². The molecule has 28 heavy (non-hydrogen) atoms. The molecule has 0 bridgehead atoms. The van der Waals surface area contributed by atoms with E-state index in [4.69, 9.17) is 9.15 Å². The van der Waals surface area contributed by atoms with Crippen molar-refractivity contribution in [3.63, 3.8) is 0 Å². The third kappa shape index (κ3) is 4.02. The van der Waals surface area contributed by atoms with Crippen LogP contribution >= 0.6 is 0 Å². The summed E-state index contributed by atoms with van der Waals surface area (Å²) in [5.74, 6) is 2.70. The molecule has 2 atom stereocenters. The summed E-state index contributed by atoms with van der Waals surface area (Å²) < 4.78 is 25.0. The molecule has 8 heteroatoms. The Morgan fingerprint density at radius 3 is 2.86 bits per heavy atom. The van der Waals surface area contributed by atoms with Gasteiger partial charge in [-0.2, -0.15) is 5.10 Å². The van der Waals surface area contributed by atoms with Crippen molar-refractivity contribution in [2.45, 2.75) is 26.1 Å². The Morgan fingerprint density at radius 1 is 1.32 bits per heavy atom. The van der Waals surface area contributed by atoms with Crippen LogP contribution in [-0.2, 0) is 23.9 Å². The van der Waals surface area contributed by atoms with Gasteiger partial charge in [0.15, 0.2) is 0 Å². The zero-order valence-electron chi connectivity index (χ0n) is 16.1. The Morgan fingerprint density at radius 2 is 2.14 bits per heavy atom. The molecule has 0 N–H and O–H groups in total. The van der Waals surface area contributed by atoms with Gasteiger partial charge >= 0.3 is 0 Å². The van der Waals surface area contributed by atoms with Crippen LogP contribution in [0.5, 0.6) is 5.75 Å². The van der Waals surface area contributed by atoms with Gasteiger partial charge in [-0.3, -0.25) is 13.8 Å². The minimum absolute atomic E-state index is 0.0796. The first-order chi connectivity index (χ1) is 13.7. The van der Waals surface area contributed by atoms with E-state index < -0.39 is 10.8 Å². The smallest absolute Gasteiger partial charge is 0.226 e. The van der Waals surface area contributed by atoms with Crippen LogP contribution in [0.2, 0.25) is 0 Å². The number of hydrogen-bond donors (Lipinski definition) is 0. The van der Waals surface area contributed by atoms with Gasteiger partial charge in [0.1, 0.15) is 12.0 Å². The number of nitrogens with zero attached hydrogens (tertiary/aromatic N) is 4. The second-order valence-electron chi connectivity index (χ2n) is 6.80. The van der Waals surface area contributed by atoms with Crippen LogP contribution in [0.3, 0.4) is 0 Å². The second-order valence-corrected chi connectivity index (χ2v) is 8.42. The number of methoxy groups -OCH3 is 1. The average Bonchev–Trinajstić information content (AvgIpc) is 3.39. The average molecular weight is 401 g/mol. The summed E-state index contributed by atoms with van der Waals surface area (Å²) in [5.41, 5.74) is 2.88. The van der Waals surface area contributed by atoms with Crippen LogP contribution in [0.25, 0.3) is 11.5 Å². The number of ether oxygens (including phenoxy) is 1. The highest BCUT2D eigenvalue weighted by Gasteiger charge is 2.29. The first-order valence-electron chi connectivity index (χ1n) is 9.36. The van der Waals surface area contributed by atoms with Gasteiger partial charge in [0.2, 0.25) is 5.89 Å². The topological polar surface area (TPSA) is 73.4 Å². The number of hydrogen-bond acceptors (Lipinski definition) is 6. The van der Waals surface area contributed by atoms with Crippen molar-refractivity contribution < 1.29 is 13.4 Å². The zero-order valence-corrected chi connectivity index (χ0v) is 16.9. The lowest BCUT2D eigenvalue weighted by Crippen LogP contribution is -2.40. The summed E-state index contributed by atoms with van der Waals surface area (Å²) in [4.78, 5) is 6.97. The van der Waals surface area contributed by atoms with E-state index in [-0.39, 0.29) is 6.04 Å². The second kappa shape index (κ2) is 8.28. The standard InChI is InChI=1S/C20H24N4O3S/c1-3-24-11-16(10-21-24)19-14-28(25)9-8-23(19)12-17-13-27-20(22-17)15-4-6-18(26-2)7-5-15/h4-7,10-11,13,19H,3,8-9,12,14H2,1-2H3/t19-,28-/m0/s1. The van der Waals surface area contributed by atoms with Crippen molar-refractivity contribution >= 4 is 10.8 Å². The monoisotopic (exact) mass is 400 g/mol. The molecule has 1 aromatic carbocycles. The van der Waals surface area contributed by atoms with E-state index in [9.17, 15) is 4.21 Å². The van der Waals surface area contributed by atoms with E-state index in [2.05, 4.69) is 21.9 Å². The van der Waals surface area contributed by atoms with Gasteiger partial charge in [0, 0.05) is 65.3 Å². The van der Waals surface area contributed by atoms with E-state index >= 15 is 0 Å². The molecule has 0 saturated carbocycles. The molecule has 2 aromatic heterocycles. The lowest BCUT2D eigenvalue weighted by molar-refractivity contribution is 0.206. The molecule has 1 saturated heterocycles. The maximum absolute atomic E-state index is 12.2. The number of rotatable bonds is 6. The molecule has 3 heterocycles. The molecular formula is C20H24N4O3S. The van der Waals surface area contributed by atoms with Gasteiger partial charge in [-0.1, -0.05) is 0 Å². The Balaban J connectivity index is 1.51. The summed E-state index contributed by atoms with van der Waals surface area (Å²) in [6.07, 6.45) is 5.64. The molecule has 1 fully saturated rings. The van der Waals surface area contributed by atoms with Crippen LogP contribution in [0.15, 0.2) is 47.3 Å². The summed E-state index contributed by atoms with van der Waals surface area (Å²) in [7, 11) is 0.839. The fraction of sp³-hybridized carbons (Fsp3) is 0.400. The maximum Gasteiger partial charge on any atom is 0.226 e. The van der Waals surface area contributed by atoms with Gasteiger partial charge in [0.05, 0.1) is 19.0 Å². The predicted molar refractivity (Wildman–Crippen MR) is 107 cm³/mol. The number of aryl methyl sites for hydroxylation is 1. The van der Waals surface area contributed by atoms with Gasteiger partial charge in [-0.15, -0.1) is 0 Å². The quantitative estimate of drug-likeness (QED) is 0.633. The van der Waals surface area contributed by atoms with Gasteiger partial charge in [0.25, 0.3) is 0 Å². The minimum Gasteiger partial charge on any atom is -0.497 e. The summed E-state index contributed by atoms with van der Waals surface area (Å²) in [6, 6.07) is 7.72. The van der Waals surface area contributed by atoms with E-state index in [0.29, 0.717) is 23.9 Å². The van der Waals surface area contributed by atoms with Crippen LogP contribution in [-0.4, -0.2) is 49.0 Å². The highest BCUT2D eigenvalue weighted by molar-refractivity contribution is 7.85. The lowest BCUT2D eigenvalue weighted by atomic mass is 10.1. The first-order valence-corrected chi connectivity index (χ1v) is 10.8. The Bertz CT molecular complexity index is 951. The fourth-order valence-electron chi connectivity index (χ4n) is 3.41. The van der Waals surface area contributed by atoms with Crippen molar-refractivity contribution in [2.75, 3.05) is 25.2 Å². The summed E-state index contributed by atoms with van der Waals surface area (Å²) in [5, 5.41) is 4.38. The maximum atomic E-state index is 12.2. The fourth-order valence-corrected chi connectivity index (χ4v) is 4.77. The summed E-state index contributed by atoms with van der Waals surface area (Å²) >= 11 is 0. The zero-order chi connectivity index (χ0) is 19.5. The molecule has 0 unspecified atom stereocenters. The third-order valence-corrected chi connectivity index (χ3v) is 6.33. The minimum atomic E-state index is -0.804. The highest BCUT2D eigenvalue weighted by atomic mass is 32.2. The van der Waals surface area contributed by atoms with Gasteiger partial charge in [-0.05, 0) is 31.2 Å². The Hall–Kier alpha value is -2.45. The van der Waals surface area contributed by atoms with Crippen LogP contribution < -0.4 is 4.74 Å². The highest BCUT2D eigenvalue weighted by Crippen LogP contribution is 2.28.